The summed E-state index contributed by atoms with van der Waals surface area (Å²) in [5, 5.41) is 4.41. The van der Waals surface area contributed by atoms with Crippen LogP contribution in [0.1, 0.15) is 43.6 Å². The molecule has 9 heteroatoms. The molecule has 1 aliphatic carbocycles. The normalized spacial score (nSPS) is 27.5. The molecule has 30 heavy (non-hydrogen) atoms. The maximum atomic E-state index is 11.9. The zero-order chi connectivity index (χ0) is 21.1. The lowest BCUT2D eigenvalue weighted by molar-refractivity contribution is 0.0155. The minimum atomic E-state index is -3.30. The molecule has 1 saturated heterocycles. The second kappa shape index (κ2) is 9.03. The van der Waals surface area contributed by atoms with Crippen LogP contribution in [0.4, 0.5) is 5.95 Å². The minimum absolute atomic E-state index is 0.117. The zero-order valence-electron chi connectivity index (χ0n) is 17.6. The van der Waals surface area contributed by atoms with Gasteiger partial charge in [-0.1, -0.05) is 30.3 Å². The Morgan fingerprint density at radius 3 is 2.50 bits per heavy atom. The average Bonchev–Trinajstić information content (AvgIpc) is 3.32. The number of benzene rings is 1. The third-order valence-electron chi connectivity index (χ3n) is 6.20. The molecule has 1 saturated carbocycles. The summed E-state index contributed by atoms with van der Waals surface area (Å²) in [6.45, 7) is 1.16. The number of ether oxygens (including phenoxy) is 1. The summed E-state index contributed by atoms with van der Waals surface area (Å²) in [5.74, 6) is 1.23. The highest BCUT2D eigenvalue weighted by atomic mass is 32.2. The fraction of sp³-hybridized carbons (Fsp3) is 0.619. The number of nitrogens with zero attached hydrogens (tertiary/aromatic N) is 4. The SMILES string of the molecule is Cn1cnc(N2CC[C@H](NS(C)(=O)=O)[C@@H]2CO[C@H]2CC[C@@H](c3ccccc3)CC2)n1. The molecule has 1 aromatic carbocycles. The summed E-state index contributed by atoms with van der Waals surface area (Å²) in [4.78, 5) is 6.43. The molecule has 2 aliphatic rings. The molecule has 8 nitrogen and oxygen atoms in total. The van der Waals surface area contributed by atoms with Crippen molar-refractivity contribution >= 4 is 16.0 Å². The van der Waals surface area contributed by atoms with E-state index in [0.717, 1.165) is 25.7 Å². The van der Waals surface area contributed by atoms with Gasteiger partial charge < -0.3 is 9.64 Å². The van der Waals surface area contributed by atoms with Crippen LogP contribution in [0.3, 0.4) is 0 Å². The van der Waals surface area contributed by atoms with E-state index in [-0.39, 0.29) is 18.2 Å². The van der Waals surface area contributed by atoms with Gasteiger partial charge in [-0.25, -0.2) is 18.1 Å². The molecular formula is C21H31N5O3S. The molecule has 1 N–H and O–H groups in total. The first-order valence-electron chi connectivity index (χ1n) is 10.6. The first-order valence-corrected chi connectivity index (χ1v) is 12.5. The number of rotatable bonds is 7. The van der Waals surface area contributed by atoms with Crippen molar-refractivity contribution in [2.45, 2.75) is 56.2 Å². The van der Waals surface area contributed by atoms with E-state index in [4.69, 9.17) is 4.74 Å². The first-order chi connectivity index (χ1) is 14.4. The molecule has 0 bridgehead atoms. The molecular weight excluding hydrogens is 402 g/mol. The molecule has 164 valence electrons. The Kier molecular flexibility index (Phi) is 6.40. The maximum absolute atomic E-state index is 11.9. The number of hydrogen-bond donors (Lipinski definition) is 1. The first kappa shape index (κ1) is 21.3. The van der Waals surface area contributed by atoms with Gasteiger partial charge in [0, 0.05) is 19.6 Å². The maximum Gasteiger partial charge on any atom is 0.245 e. The predicted octanol–water partition coefficient (Wildman–Crippen LogP) is 2.05. The molecule has 2 atom stereocenters. The summed E-state index contributed by atoms with van der Waals surface area (Å²) in [6.07, 6.45) is 8.08. The van der Waals surface area contributed by atoms with Crippen molar-refractivity contribution in [1.82, 2.24) is 19.5 Å². The van der Waals surface area contributed by atoms with Crippen molar-refractivity contribution in [2.24, 2.45) is 7.05 Å². The molecule has 1 aromatic heterocycles. The molecule has 0 amide bonds. The van der Waals surface area contributed by atoms with Crippen LogP contribution in [0.5, 0.6) is 0 Å². The van der Waals surface area contributed by atoms with Gasteiger partial charge in [-0.2, -0.15) is 0 Å². The van der Waals surface area contributed by atoms with Crippen molar-refractivity contribution in [3.63, 3.8) is 0 Å². The molecule has 2 fully saturated rings. The molecule has 2 heterocycles. The van der Waals surface area contributed by atoms with Gasteiger partial charge in [0.2, 0.25) is 16.0 Å². The molecule has 0 radical (unpaired) electrons. The number of sulfonamides is 1. The standard InChI is InChI=1S/C21H31N5O3S/c1-25-15-22-21(23-25)26-13-12-19(24-30(2,27)28)20(26)14-29-18-10-8-17(9-11-18)16-6-4-3-5-7-16/h3-7,15,17-20,24H,8-14H2,1-2H3/t17-,18+,19-,20-/m0/s1. The fourth-order valence-electron chi connectivity index (χ4n) is 4.70. The fourth-order valence-corrected chi connectivity index (χ4v) is 5.53. The Morgan fingerprint density at radius 2 is 1.87 bits per heavy atom. The van der Waals surface area contributed by atoms with Crippen LogP contribution >= 0.6 is 0 Å². The van der Waals surface area contributed by atoms with Crippen molar-refractivity contribution in [1.29, 1.82) is 0 Å². The molecule has 0 unspecified atom stereocenters. The van der Waals surface area contributed by atoms with Gasteiger partial charge in [0.25, 0.3) is 0 Å². The zero-order valence-corrected chi connectivity index (χ0v) is 18.5. The van der Waals surface area contributed by atoms with Gasteiger partial charge in [-0.05, 0) is 43.6 Å². The molecule has 2 aromatic rings. The lowest BCUT2D eigenvalue weighted by Crippen LogP contribution is -2.48. The van der Waals surface area contributed by atoms with Gasteiger partial charge in [0.05, 0.1) is 25.0 Å². The summed E-state index contributed by atoms with van der Waals surface area (Å²) < 4.78 is 34.5. The Hall–Kier alpha value is -1.97. The van der Waals surface area contributed by atoms with Crippen molar-refractivity contribution in [2.75, 3.05) is 24.3 Å². The highest BCUT2D eigenvalue weighted by Gasteiger charge is 2.38. The Labute approximate surface area is 178 Å². The Morgan fingerprint density at radius 1 is 1.13 bits per heavy atom. The van der Waals surface area contributed by atoms with Crippen molar-refractivity contribution < 1.29 is 13.2 Å². The lowest BCUT2D eigenvalue weighted by atomic mass is 9.83. The van der Waals surface area contributed by atoms with E-state index in [1.807, 2.05) is 7.05 Å². The molecule has 0 spiro atoms. The Bertz CT molecular complexity index is 925. The summed E-state index contributed by atoms with van der Waals surface area (Å²) in [7, 11) is -1.47. The highest BCUT2D eigenvalue weighted by molar-refractivity contribution is 7.88. The monoisotopic (exact) mass is 433 g/mol. The molecule has 1 aliphatic heterocycles. The number of nitrogens with one attached hydrogen (secondary N) is 1. The topological polar surface area (TPSA) is 89.4 Å². The van der Waals surface area contributed by atoms with Crippen LogP contribution in [-0.4, -0.2) is 60.8 Å². The van der Waals surface area contributed by atoms with Gasteiger partial charge >= 0.3 is 0 Å². The van der Waals surface area contributed by atoms with E-state index in [2.05, 4.69) is 50.0 Å². The van der Waals surface area contributed by atoms with Gasteiger partial charge in [-0.15, -0.1) is 5.10 Å². The van der Waals surface area contributed by atoms with Crippen molar-refractivity contribution in [3.8, 4) is 0 Å². The highest BCUT2D eigenvalue weighted by Crippen LogP contribution is 2.34. The van der Waals surface area contributed by atoms with Gasteiger partial charge in [0.15, 0.2) is 0 Å². The van der Waals surface area contributed by atoms with Crippen LogP contribution in [0.15, 0.2) is 36.7 Å². The third kappa shape index (κ3) is 5.19. The van der Waals surface area contributed by atoms with E-state index in [9.17, 15) is 8.42 Å². The smallest absolute Gasteiger partial charge is 0.245 e. The minimum Gasteiger partial charge on any atom is -0.376 e. The quantitative estimate of drug-likeness (QED) is 0.719. The summed E-state index contributed by atoms with van der Waals surface area (Å²) in [5.41, 5.74) is 1.41. The largest absolute Gasteiger partial charge is 0.376 e. The van der Waals surface area contributed by atoms with E-state index >= 15 is 0 Å². The summed E-state index contributed by atoms with van der Waals surface area (Å²) >= 11 is 0. The number of anilines is 1. The molecule has 4 rings (SSSR count). The van der Waals surface area contributed by atoms with Gasteiger partial charge in [0.1, 0.15) is 6.33 Å². The third-order valence-corrected chi connectivity index (χ3v) is 6.93. The second-order valence-corrected chi connectivity index (χ2v) is 10.3. The second-order valence-electron chi connectivity index (χ2n) is 8.48. The van der Waals surface area contributed by atoms with E-state index in [0.29, 0.717) is 31.4 Å². The van der Waals surface area contributed by atoms with Crippen molar-refractivity contribution in [3.05, 3.63) is 42.2 Å². The van der Waals surface area contributed by atoms with E-state index in [1.165, 1.54) is 11.8 Å². The van der Waals surface area contributed by atoms with Crippen LogP contribution in [0, 0.1) is 0 Å². The Balaban J connectivity index is 1.37. The summed E-state index contributed by atoms with van der Waals surface area (Å²) in [6, 6.07) is 10.4. The van der Waals surface area contributed by atoms with Crippen LogP contribution in [0.2, 0.25) is 0 Å². The predicted molar refractivity (Wildman–Crippen MR) is 116 cm³/mol. The lowest BCUT2D eigenvalue weighted by Gasteiger charge is -2.32. The number of aryl methyl sites for hydroxylation is 1. The average molecular weight is 434 g/mol. The number of hydrogen-bond acceptors (Lipinski definition) is 6. The van der Waals surface area contributed by atoms with Crippen LogP contribution in [-0.2, 0) is 21.8 Å². The van der Waals surface area contributed by atoms with Crippen LogP contribution in [0.25, 0.3) is 0 Å². The van der Waals surface area contributed by atoms with Gasteiger partial charge in [-0.3, -0.25) is 4.68 Å². The van der Waals surface area contributed by atoms with E-state index in [1.54, 1.807) is 11.0 Å². The van der Waals surface area contributed by atoms with E-state index < -0.39 is 10.0 Å². The van der Waals surface area contributed by atoms with Crippen LogP contribution < -0.4 is 9.62 Å². The number of aromatic nitrogens is 3.